The van der Waals surface area contributed by atoms with Crippen molar-refractivity contribution in [2.75, 3.05) is 40.3 Å². The molecular weight excluding hydrogens is 1010 g/mol. The van der Waals surface area contributed by atoms with E-state index < -0.39 is 45.3 Å². The molecule has 3 aromatic heterocycles. The molecule has 8 aromatic rings. The maximum Gasteiger partial charge on any atom is 0.276 e. The Kier molecular flexibility index (Phi) is 15.8. The van der Waals surface area contributed by atoms with Crippen molar-refractivity contribution in [1.82, 2.24) is 44.0 Å². The molecule has 0 saturated carbocycles. The molecule has 18 nitrogen and oxygen atoms in total. The highest BCUT2D eigenvalue weighted by molar-refractivity contribution is 6.30. The Morgan fingerprint density at radius 2 is 0.923 bits per heavy atom. The summed E-state index contributed by atoms with van der Waals surface area (Å²) in [6.07, 6.45) is 3.85. The van der Waals surface area contributed by atoms with Gasteiger partial charge in [0.25, 0.3) is 17.7 Å². The van der Waals surface area contributed by atoms with E-state index in [1.807, 2.05) is 153 Å². The summed E-state index contributed by atoms with van der Waals surface area (Å²) >= 11 is 6.27. The van der Waals surface area contributed by atoms with E-state index in [0.29, 0.717) is 37.6 Å². The van der Waals surface area contributed by atoms with Crippen LogP contribution in [0, 0.1) is 6.92 Å². The van der Waals surface area contributed by atoms with Gasteiger partial charge in [-0.05, 0) is 65.8 Å². The predicted octanol–water partition coefficient (Wildman–Crippen LogP) is 6.99. The molecule has 398 valence electrons. The summed E-state index contributed by atoms with van der Waals surface area (Å²) in [4.78, 5) is 77.8. The first kappa shape index (κ1) is 53.7. The van der Waals surface area contributed by atoms with E-state index in [1.165, 1.54) is 23.8 Å². The lowest BCUT2D eigenvalue weighted by molar-refractivity contribution is 0.0644. The van der Waals surface area contributed by atoms with E-state index in [4.69, 9.17) is 11.6 Å². The average Bonchev–Trinajstić information content (AvgIpc) is 3.65. The zero-order chi connectivity index (χ0) is 55.4. The molecule has 6 heterocycles. The van der Waals surface area contributed by atoms with E-state index in [2.05, 4.69) is 15.3 Å². The van der Waals surface area contributed by atoms with Gasteiger partial charge in [0, 0.05) is 57.1 Å². The van der Waals surface area contributed by atoms with Crippen molar-refractivity contribution in [3.63, 3.8) is 0 Å². The molecule has 3 aliphatic heterocycles. The molecule has 0 aliphatic carbocycles. The molecule has 3 amide bonds. The number of halogens is 1. The summed E-state index contributed by atoms with van der Waals surface area (Å²) in [7, 11) is 3.33. The quantitative estimate of drug-likeness (QED) is 0.133. The third kappa shape index (κ3) is 10.7. The standard InChI is InChI=1S/C22H20ClN3O3.C21H19N3O3.C16H17N3O3/c1-2-25-13-17(26-20(22(25)29)21(28)18(27)12-24-26)19(14-7-4-3-5-8-14)15-9-6-10-16(23)11-15;1-23-13-16(24-19(21(23)27)20(26)17(25)12-22-24)18(14-8-4-2-5-9-14)15-10-6-3-7-11-15;1-10-5-3-4-6-11(10)7-12-9-18(2)16(22)14-15(21)13(20)8-17-19(12)14/h3-12,17,19,28H,2,13H2,1H3;2-12,16,18,26H,13H2,1H3;3-6,8,12,21H,7,9H2,1-2H3. The van der Waals surface area contributed by atoms with Crippen LogP contribution in [0.25, 0.3) is 0 Å². The highest BCUT2D eigenvalue weighted by Gasteiger charge is 2.41. The molecule has 78 heavy (non-hydrogen) atoms. The lowest BCUT2D eigenvalue weighted by Crippen LogP contribution is -2.46. The third-order valence-corrected chi connectivity index (χ3v) is 14.7. The average molecular weight is 1070 g/mol. The molecule has 3 aliphatic rings. The van der Waals surface area contributed by atoms with Gasteiger partial charge in [0.05, 0.1) is 36.7 Å². The number of hydrogen-bond donors (Lipinski definition) is 3. The lowest BCUT2D eigenvalue weighted by atomic mass is 9.83. The molecule has 5 aromatic carbocycles. The number of hydrogen-bond acceptors (Lipinski definition) is 12. The first-order valence-corrected chi connectivity index (χ1v) is 25.6. The second kappa shape index (κ2) is 23.0. The predicted molar refractivity (Wildman–Crippen MR) is 292 cm³/mol. The van der Waals surface area contributed by atoms with Crippen molar-refractivity contribution in [3.8, 4) is 17.2 Å². The van der Waals surface area contributed by atoms with Gasteiger partial charge in [-0.15, -0.1) is 0 Å². The molecule has 0 saturated heterocycles. The fourth-order valence-electron chi connectivity index (χ4n) is 10.5. The minimum absolute atomic E-state index is 0.0279. The van der Waals surface area contributed by atoms with Gasteiger partial charge in [-0.1, -0.05) is 139 Å². The Balaban J connectivity index is 0.000000144. The number of likely N-dealkylation sites (N-methyl/N-ethyl adjacent to an activating group) is 3. The summed E-state index contributed by atoms with van der Waals surface area (Å²) in [6, 6.07) is 44.7. The lowest BCUT2D eigenvalue weighted by Gasteiger charge is -2.38. The fraction of sp³-hybridized carbons (Fsp3) is 0.237. The van der Waals surface area contributed by atoms with Gasteiger partial charge in [-0.2, -0.15) is 15.3 Å². The van der Waals surface area contributed by atoms with Crippen molar-refractivity contribution in [1.29, 1.82) is 0 Å². The number of amides is 3. The molecule has 0 radical (unpaired) electrons. The van der Waals surface area contributed by atoms with Gasteiger partial charge in [0.2, 0.25) is 16.3 Å². The second-order valence-corrected chi connectivity index (χ2v) is 19.8. The van der Waals surface area contributed by atoms with E-state index >= 15 is 0 Å². The SMILES string of the molecule is CCN1CC(C(c2ccccc2)c2cccc(Cl)c2)n2ncc(=O)c(O)c2C1=O.CN1CC(C(c2ccccc2)c2ccccc2)n2ncc(=O)c(O)c2C1=O.Cc1ccccc1CC1CN(C)C(=O)c2c(O)c(=O)cnn21. The number of rotatable bonds is 9. The molecule has 4 unspecified atom stereocenters. The van der Waals surface area contributed by atoms with Crippen molar-refractivity contribution in [3.05, 3.63) is 244 Å². The number of nitrogens with zero attached hydrogens (tertiary/aromatic N) is 9. The van der Waals surface area contributed by atoms with Gasteiger partial charge in [-0.3, -0.25) is 42.8 Å². The van der Waals surface area contributed by atoms with E-state index in [-0.39, 0.29) is 53.0 Å². The van der Waals surface area contributed by atoms with Crippen LogP contribution in [0.1, 0.15) is 102 Å². The number of aromatic hydroxyl groups is 3. The maximum atomic E-state index is 12.9. The van der Waals surface area contributed by atoms with E-state index in [9.17, 15) is 44.1 Å². The summed E-state index contributed by atoms with van der Waals surface area (Å²) in [5, 5.41) is 43.7. The number of fused-ring (bicyclic) bond motifs is 3. The molecule has 11 rings (SSSR count). The van der Waals surface area contributed by atoms with Crippen LogP contribution >= 0.6 is 11.6 Å². The van der Waals surface area contributed by atoms with Crippen LogP contribution in [-0.4, -0.2) is 117 Å². The molecule has 0 fully saturated rings. The first-order chi connectivity index (χ1) is 37.6. The van der Waals surface area contributed by atoms with Gasteiger partial charge >= 0.3 is 0 Å². The number of carbonyl (C=O) groups excluding carboxylic acids is 3. The third-order valence-electron chi connectivity index (χ3n) is 14.4. The fourth-order valence-corrected chi connectivity index (χ4v) is 10.7. The summed E-state index contributed by atoms with van der Waals surface area (Å²) < 4.78 is 4.47. The number of aromatic nitrogens is 6. The number of carbonyl (C=O) groups is 3. The van der Waals surface area contributed by atoms with Crippen molar-refractivity contribution in [2.45, 2.75) is 50.2 Å². The Morgan fingerprint density at radius 3 is 1.41 bits per heavy atom. The summed E-state index contributed by atoms with van der Waals surface area (Å²) in [6.45, 7) is 5.64. The molecule has 0 spiro atoms. The highest BCUT2D eigenvalue weighted by atomic mass is 35.5. The highest BCUT2D eigenvalue weighted by Crippen LogP contribution is 2.41. The van der Waals surface area contributed by atoms with Gasteiger partial charge in [0.15, 0.2) is 34.3 Å². The summed E-state index contributed by atoms with van der Waals surface area (Å²) in [5.74, 6) is -3.12. The molecule has 4 atom stereocenters. The van der Waals surface area contributed by atoms with E-state index in [1.54, 1.807) is 19.0 Å². The molecule has 19 heteroatoms. The van der Waals surface area contributed by atoms with Crippen LogP contribution in [-0.2, 0) is 6.42 Å². The first-order valence-electron chi connectivity index (χ1n) is 25.2. The molecular formula is C59H56ClN9O9. The van der Waals surface area contributed by atoms with Crippen LogP contribution in [0.2, 0.25) is 5.02 Å². The Bertz CT molecular complexity index is 3670. The monoisotopic (exact) mass is 1070 g/mol. The van der Waals surface area contributed by atoms with Crippen LogP contribution < -0.4 is 16.3 Å². The van der Waals surface area contributed by atoms with Crippen LogP contribution in [0.5, 0.6) is 17.2 Å². The van der Waals surface area contributed by atoms with Crippen molar-refractivity contribution >= 4 is 29.3 Å². The minimum Gasteiger partial charge on any atom is -0.502 e. The Morgan fingerprint density at radius 1 is 0.513 bits per heavy atom. The Hall–Kier alpha value is -9.16. The summed E-state index contributed by atoms with van der Waals surface area (Å²) in [5.41, 5.74) is 4.34. The van der Waals surface area contributed by atoms with Crippen LogP contribution in [0.15, 0.2) is 173 Å². The van der Waals surface area contributed by atoms with Crippen molar-refractivity contribution < 1.29 is 29.7 Å². The number of aryl methyl sites for hydroxylation is 1. The van der Waals surface area contributed by atoms with E-state index in [0.717, 1.165) is 52.0 Å². The molecule has 0 bridgehead atoms. The van der Waals surface area contributed by atoms with Crippen LogP contribution in [0.4, 0.5) is 0 Å². The normalized spacial score (nSPS) is 17.0. The maximum absolute atomic E-state index is 12.9. The van der Waals surface area contributed by atoms with Gasteiger partial charge < -0.3 is 30.0 Å². The number of benzene rings is 5. The topological polar surface area (TPSA) is 226 Å². The van der Waals surface area contributed by atoms with Crippen LogP contribution in [0.3, 0.4) is 0 Å². The minimum atomic E-state index is -0.666. The molecule has 3 N–H and O–H groups in total. The van der Waals surface area contributed by atoms with Gasteiger partial charge in [-0.25, -0.2) is 0 Å². The smallest absolute Gasteiger partial charge is 0.276 e. The Labute approximate surface area is 453 Å². The second-order valence-electron chi connectivity index (χ2n) is 19.3. The largest absolute Gasteiger partial charge is 0.502 e. The van der Waals surface area contributed by atoms with Crippen molar-refractivity contribution in [2.24, 2.45) is 0 Å². The zero-order valence-electron chi connectivity index (χ0n) is 43.1. The van der Waals surface area contributed by atoms with Gasteiger partial charge in [0.1, 0.15) is 0 Å². The zero-order valence-corrected chi connectivity index (χ0v) is 43.9.